The predicted molar refractivity (Wildman–Crippen MR) is 131 cm³/mol. The Morgan fingerprint density at radius 3 is 2.61 bits per heavy atom. The van der Waals surface area contributed by atoms with E-state index in [4.69, 9.17) is 28.6 Å². The first-order chi connectivity index (χ1) is 15.0. The first kappa shape index (κ1) is 20.5. The van der Waals surface area contributed by atoms with Gasteiger partial charge in [-0.15, -0.1) is 0 Å². The van der Waals surface area contributed by atoms with Crippen LogP contribution in [0.5, 0.6) is 5.75 Å². The number of rotatable bonds is 2. The van der Waals surface area contributed by atoms with Crippen LogP contribution in [0.15, 0.2) is 71.2 Å². The smallest absolute Gasteiger partial charge is 0.265 e. The number of halogens is 3. The molecule has 2 heterocycles. The highest BCUT2D eigenvalue weighted by molar-refractivity contribution is 9.10. The van der Waals surface area contributed by atoms with E-state index in [1.54, 1.807) is 12.1 Å². The number of ether oxygens (including phenoxy) is 1. The fraction of sp³-hybridized carbons (Fsp3) is 0.125. The summed E-state index contributed by atoms with van der Waals surface area (Å²) in [5.74, 6) is 0.195. The molecule has 1 unspecified atom stereocenters. The average Bonchev–Trinajstić information content (AvgIpc) is 3.13. The van der Waals surface area contributed by atoms with Gasteiger partial charge < -0.3 is 14.6 Å². The second-order valence-corrected chi connectivity index (χ2v) is 9.13. The minimum Gasteiger partial charge on any atom is -0.432 e. The molecule has 158 valence electrons. The van der Waals surface area contributed by atoms with Gasteiger partial charge in [0.2, 0.25) is 0 Å². The summed E-state index contributed by atoms with van der Waals surface area (Å²) in [7, 11) is 0. The van der Waals surface area contributed by atoms with Crippen LogP contribution in [0.4, 0.5) is 4.39 Å². The number of aromatic nitrogens is 1. The number of fused-ring (bicyclic) bond motifs is 3. The number of hydrogen-bond donors (Lipinski definition) is 1. The van der Waals surface area contributed by atoms with Crippen molar-refractivity contribution in [1.29, 1.82) is 0 Å². The predicted octanol–water partition coefficient (Wildman–Crippen LogP) is 7.28. The molecule has 3 nitrogen and oxygen atoms in total. The molecular formula is C24H19BrClFN2OS. The second-order valence-electron chi connectivity index (χ2n) is 7.43. The molecule has 0 aliphatic carbocycles. The highest BCUT2D eigenvalue weighted by Crippen LogP contribution is 2.39. The van der Waals surface area contributed by atoms with Crippen LogP contribution < -0.4 is 4.74 Å². The van der Waals surface area contributed by atoms with Crippen molar-refractivity contribution in [2.24, 2.45) is 0 Å². The number of thiocarbonyl (C=S) groups is 1. The Hall–Kier alpha value is -2.41. The van der Waals surface area contributed by atoms with Crippen molar-refractivity contribution < 1.29 is 10.6 Å². The lowest BCUT2D eigenvalue weighted by molar-refractivity contribution is 0.289. The summed E-state index contributed by atoms with van der Waals surface area (Å²) in [5, 5.41) is 2.20. The summed E-state index contributed by atoms with van der Waals surface area (Å²) < 4.78 is 20.2. The molecule has 3 aromatic carbocycles. The van der Waals surface area contributed by atoms with Gasteiger partial charge in [-0.05, 0) is 84.4 Å². The zero-order valence-electron chi connectivity index (χ0n) is 16.2. The fourth-order valence-corrected chi connectivity index (χ4v) is 4.84. The van der Waals surface area contributed by atoms with Crippen molar-refractivity contribution in [3.8, 4) is 5.75 Å². The highest BCUT2D eigenvalue weighted by Gasteiger charge is 2.34. The molecule has 1 N–H and O–H groups in total. The Morgan fingerprint density at radius 2 is 1.87 bits per heavy atom. The normalized spacial score (nSPS) is 15.7. The molecule has 0 amide bonds. The Balaban J connectivity index is 0.00000245. The van der Waals surface area contributed by atoms with E-state index in [0.29, 0.717) is 22.5 Å². The van der Waals surface area contributed by atoms with E-state index in [0.717, 1.165) is 33.1 Å². The summed E-state index contributed by atoms with van der Waals surface area (Å²) >= 11 is 15.5. The third-order valence-corrected chi connectivity index (χ3v) is 6.61. The van der Waals surface area contributed by atoms with E-state index in [9.17, 15) is 4.39 Å². The van der Waals surface area contributed by atoms with Crippen LogP contribution in [0.1, 0.15) is 24.3 Å². The van der Waals surface area contributed by atoms with Gasteiger partial charge in [0, 0.05) is 34.1 Å². The van der Waals surface area contributed by atoms with Gasteiger partial charge >= 0.3 is 0 Å². The Morgan fingerprint density at radius 1 is 1.13 bits per heavy atom. The van der Waals surface area contributed by atoms with Gasteiger partial charge in [-0.25, -0.2) is 4.39 Å². The van der Waals surface area contributed by atoms with Crippen molar-refractivity contribution in [3.63, 3.8) is 0 Å². The minimum absolute atomic E-state index is 0. The largest absolute Gasteiger partial charge is 0.432 e. The van der Waals surface area contributed by atoms with Crippen LogP contribution in [-0.4, -0.2) is 21.6 Å². The van der Waals surface area contributed by atoms with Crippen molar-refractivity contribution in [3.05, 3.63) is 98.9 Å². The van der Waals surface area contributed by atoms with E-state index in [1.807, 2.05) is 30.3 Å². The van der Waals surface area contributed by atoms with E-state index in [-0.39, 0.29) is 13.3 Å². The lowest BCUT2D eigenvalue weighted by Crippen LogP contribution is -2.42. The van der Waals surface area contributed by atoms with Gasteiger partial charge in [0.05, 0.1) is 6.04 Å². The van der Waals surface area contributed by atoms with Gasteiger partial charge in [-0.3, -0.25) is 0 Å². The molecule has 1 aliphatic rings. The van der Waals surface area contributed by atoms with Crippen molar-refractivity contribution in [1.82, 2.24) is 9.88 Å². The fourth-order valence-electron chi connectivity index (χ4n) is 4.11. The van der Waals surface area contributed by atoms with Crippen molar-refractivity contribution >= 4 is 55.8 Å². The van der Waals surface area contributed by atoms with Gasteiger partial charge in [0.15, 0.2) is 0 Å². The number of nitrogens with one attached hydrogen (secondary N) is 1. The number of benzene rings is 3. The average molecular weight is 518 g/mol. The molecule has 0 saturated heterocycles. The zero-order valence-corrected chi connectivity index (χ0v) is 19.4. The third kappa shape index (κ3) is 3.95. The highest BCUT2D eigenvalue weighted by atomic mass is 79.9. The first-order valence-electron chi connectivity index (χ1n) is 9.79. The molecule has 1 aliphatic heterocycles. The Bertz CT molecular complexity index is 1280. The molecule has 0 bridgehead atoms. The van der Waals surface area contributed by atoms with Crippen LogP contribution in [0.25, 0.3) is 10.9 Å². The van der Waals surface area contributed by atoms with Crippen LogP contribution in [0.3, 0.4) is 0 Å². The van der Waals surface area contributed by atoms with E-state index in [2.05, 4.69) is 37.9 Å². The molecule has 1 atom stereocenters. The zero-order chi connectivity index (χ0) is 21.5. The third-order valence-electron chi connectivity index (χ3n) is 5.53. The maximum absolute atomic E-state index is 13.3. The lowest BCUT2D eigenvalue weighted by atomic mass is 9.93. The maximum atomic E-state index is 13.3. The molecule has 1 aromatic heterocycles. The minimum atomic E-state index is -0.314. The molecule has 0 saturated carbocycles. The number of aromatic amines is 1. The van der Waals surface area contributed by atoms with Crippen LogP contribution in [-0.2, 0) is 6.42 Å². The van der Waals surface area contributed by atoms with Crippen LogP contribution in [0.2, 0.25) is 5.02 Å². The molecular weight excluding hydrogens is 499 g/mol. The van der Waals surface area contributed by atoms with Crippen molar-refractivity contribution in [2.75, 3.05) is 6.54 Å². The first-order valence-corrected chi connectivity index (χ1v) is 11.4. The molecule has 0 fully saturated rings. The lowest BCUT2D eigenvalue weighted by Gasteiger charge is -2.37. The summed E-state index contributed by atoms with van der Waals surface area (Å²) in [5.41, 5.74) is 4.46. The van der Waals surface area contributed by atoms with Crippen molar-refractivity contribution in [2.45, 2.75) is 12.5 Å². The summed E-state index contributed by atoms with van der Waals surface area (Å²) in [6, 6.07) is 19.8. The van der Waals surface area contributed by atoms with Gasteiger partial charge in [-0.2, -0.15) is 0 Å². The van der Waals surface area contributed by atoms with Crippen LogP contribution in [0, 0.1) is 5.82 Å². The number of nitrogens with zero attached hydrogens (tertiary/aromatic N) is 1. The quantitative estimate of drug-likeness (QED) is 0.283. The number of hydrogen-bond acceptors (Lipinski definition) is 2. The van der Waals surface area contributed by atoms with Crippen LogP contribution >= 0.6 is 39.7 Å². The SMILES string of the molecule is Fc1ccc(OC(=S)N2CCc3c([nH]c4ccc(Cl)cc34)C2c2ccc(Br)cc2)cc1.[HH]. The summed E-state index contributed by atoms with van der Waals surface area (Å²) in [6.45, 7) is 0.688. The summed E-state index contributed by atoms with van der Waals surface area (Å²) in [4.78, 5) is 5.66. The Kier molecular flexibility index (Phi) is 5.46. The van der Waals surface area contributed by atoms with E-state index < -0.39 is 0 Å². The maximum Gasteiger partial charge on any atom is 0.265 e. The van der Waals surface area contributed by atoms with Gasteiger partial charge in [0.25, 0.3) is 5.17 Å². The molecule has 0 spiro atoms. The molecule has 0 radical (unpaired) electrons. The Labute approximate surface area is 199 Å². The van der Waals surface area contributed by atoms with Gasteiger partial charge in [0.1, 0.15) is 11.6 Å². The molecule has 5 rings (SSSR count). The van der Waals surface area contributed by atoms with E-state index >= 15 is 0 Å². The molecule has 4 aromatic rings. The molecule has 7 heteroatoms. The van der Waals surface area contributed by atoms with E-state index in [1.165, 1.54) is 17.7 Å². The topological polar surface area (TPSA) is 28.3 Å². The summed E-state index contributed by atoms with van der Waals surface area (Å²) in [6.07, 6.45) is 0.801. The number of H-pyrrole nitrogens is 1. The van der Waals surface area contributed by atoms with Gasteiger partial charge in [-0.1, -0.05) is 39.7 Å². The standard InChI is InChI=1S/C24H17BrClFN2OS.H2/c25-15-3-1-14(2-4-15)23-22-19(20-13-16(26)5-10-21(20)28-22)11-12-29(23)24(31)30-18-8-6-17(27)7-9-18;/h1-10,13,23,28H,11-12H2;1H. The monoisotopic (exact) mass is 516 g/mol. The molecule has 31 heavy (non-hydrogen) atoms. The second kappa shape index (κ2) is 8.26.